The van der Waals surface area contributed by atoms with E-state index in [0.717, 1.165) is 9.26 Å². The van der Waals surface area contributed by atoms with Gasteiger partial charge in [-0.1, -0.05) is 24.3 Å². The average molecular weight is 474 g/mol. The molecule has 0 unspecified atom stereocenters. The van der Waals surface area contributed by atoms with E-state index in [1.807, 2.05) is 24.3 Å². The Morgan fingerprint density at radius 1 is 1.31 bits per heavy atom. The first kappa shape index (κ1) is 18.0. The number of nitriles is 1. The monoisotopic (exact) mass is 474 g/mol. The van der Waals surface area contributed by atoms with Crippen molar-refractivity contribution in [3.05, 3.63) is 78.8 Å². The Balaban J connectivity index is 1.87. The maximum atomic E-state index is 10.9. The number of nitro groups is 1. The zero-order chi connectivity index (χ0) is 18.5. The van der Waals surface area contributed by atoms with Crippen LogP contribution in [0, 0.1) is 25.0 Å². The number of benzene rings is 2. The molecule has 0 saturated carbocycles. The van der Waals surface area contributed by atoms with Gasteiger partial charge in [-0.15, -0.1) is 11.3 Å². The smallest absolute Gasteiger partial charge is 0.270 e. The number of nitrogens with one attached hydrogen (secondary N) is 1. The van der Waals surface area contributed by atoms with Crippen molar-refractivity contribution < 1.29 is 4.92 Å². The van der Waals surface area contributed by atoms with Crippen molar-refractivity contribution in [3.63, 3.8) is 0 Å². The Bertz CT molecular complexity index is 1040. The van der Waals surface area contributed by atoms with Gasteiger partial charge in [0.05, 0.1) is 16.3 Å². The third-order valence-electron chi connectivity index (χ3n) is 3.45. The summed E-state index contributed by atoms with van der Waals surface area (Å²) in [6.45, 7) is 0. The van der Waals surface area contributed by atoms with E-state index in [-0.39, 0.29) is 5.69 Å². The van der Waals surface area contributed by atoms with Crippen LogP contribution >= 0.6 is 33.9 Å². The van der Waals surface area contributed by atoms with Crippen LogP contribution in [0.1, 0.15) is 5.01 Å². The fraction of sp³-hybridized carbons (Fsp3) is 0. The van der Waals surface area contributed by atoms with Crippen LogP contribution in [-0.4, -0.2) is 9.91 Å². The number of hydrogen-bond acceptors (Lipinski definition) is 6. The molecule has 128 valence electrons. The Kier molecular flexibility index (Phi) is 5.60. The predicted molar refractivity (Wildman–Crippen MR) is 111 cm³/mol. The van der Waals surface area contributed by atoms with E-state index in [1.54, 1.807) is 23.7 Å². The van der Waals surface area contributed by atoms with Gasteiger partial charge in [-0.2, -0.15) is 5.26 Å². The van der Waals surface area contributed by atoms with Crippen LogP contribution in [0.15, 0.2) is 60.1 Å². The second kappa shape index (κ2) is 8.07. The van der Waals surface area contributed by atoms with Gasteiger partial charge in [0.15, 0.2) is 0 Å². The molecule has 1 N–H and O–H groups in total. The molecule has 0 atom stereocenters. The SMILES string of the molecule is N#C/C(=C\Nc1ccccc1I)c1nc(-c2cccc([N+](=O)[O-])c2)cs1. The summed E-state index contributed by atoms with van der Waals surface area (Å²) in [5.74, 6) is 0. The first-order valence-corrected chi connectivity index (χ1v) is 9.36. The summed E-state index contributed by atoms with van der Waals surface area (Å²) in [7, 11) is 0. The van der Waals surface area contributed by atoms with Crippen molar-refractivity contribution in [2.45, 2.75) is 0 Å². The minimum absolute atomic E-state index is 0.00779. The third kappa shape index (κ3) is 4.07. The van der Waals surface area contributed by atoms with Crippen LogP contribution in [0.5, 0.6) is 0 Å². The molecule has 0 radical (unpaired) electrons. The molecule has 1 heterocycles. The highest BCUT2D eigenvalue weighted by Crippen LogP contribution is 2.28. The molecule has 0 aliphatic rings. The number of hydrogen-bond donors (Lipinski definition) is 1. The maximum Gasteiger partial charge on any atom is 0.270 e. The van der Waals surface area contributed by atoms with Crippen molar-refractivity contribution in [1.29, 1.82) is 5.26 Å². The molecule has 8 heteroatoms. The van der Waals surface area contributed by atoms with Gasteiger partial charge >= 0.3 is 0 Å². The zero-order valence-corrected chi connectivity index (χ0v) is 16.2. The van der Waals surface area contributed by atoms with Crippen LogP contribution in [-0.2, 0) is 0 Å². The van der Waals surface area contributed by atoms with E-state index in [1.165, 1.54) is 23.5 Å². The summed E-state index contributed by atoms with van der Waals surface area (Å²) in [6.07, 6.45) is 1.62. The van der Waals surface area contributed by atoms with Crippen LogP contribution in [0.2, 0.25) is 0 Å². The molecule has 0 aliphatic heterocycles. The Morgan fingerprint density at radius 2 is 2.12 bits per heavy atom. The van der Waals surface area contributed by atoms with E-state index >= 15 is 0 Å². The largest absolute Gasteiger partial charge is 0.359 e. The van der Waals surface area contributed by atoms with Gasteiger partial charge < -0.3 is 5.32 Å². The van der Waals surface area contributed by atoms with Crippen molar-refractivity contribution in [2.75, 3.05) is 5.32 Å². The molecular formula is C18H11IN4O2S. The van der Waals surface area contributed by atoms with Gasteiger partial charge in [0.25, 0.3) is 5.69 Å². The molecule has 0 amide bonds. The number of aromatic nitrogens is 1. The average Bonchev–Trinajstić information content (AvgIpc) is 3.14. The van der Waals surface area contributed by atoms with Gasteiger partial charge in [0.2, 0.25) is 0 Å². The highest BCUT2D eigenvalue weighted by molar-refractivity contribution is 14.1. The highest BCUT2D eigenvalue weighted by atomic mass is 127. The van der Waals surface area contributed by atoms with E-state index in [9.17, 15) is 15.4 Å². The third-order valence-corrected chi connectivity index (χ3v) is 5.27. The maximum absolute atomic E-state index is 10.9. The highest BCUT2D eigenvalue weighted by Gasteiger charge is 2.12. The molecule has 3 rings (SSSR count). The fourth-order valence-corrected chi connectivity index (χ4v) is 3.52. The van der Waals surface area contributed by atoms with Crippen molar-refractivity contribution in [2.24, 2.45) is 0 Å². The summed E-state index contributed by atoms with van der Waals surface area (Å²) in [6, 6.07) is 16.2. The Hall–Kier alpha value is -2.77. The minimum Gasteiger partial charge on any atom is -0.359 e. The van der Waals surface area contributed by atoms with E-state index in [4.69, 9.17) is 0 Å². The molecular weight excluding hydrogens is 463 g/mol. The van der Waals surface area contributed by atoms with E-state index in [0.29, 0.717) is 21.8 Å². The van der Waals surface area contributed by atoms with Crippen LogP contribution in [0.3, 0.4) is 0 Å². The topological polar surface area (TPSA) is 91.8 Å². The molecule has 6 nitrogen and oxygen atoms in total. The van der Waals surface area contributed by atoms with Crippen molar-refractivity contribution in [3.8, 4) is 17.3 Å². The number of thiazole rings is 1. The zero-order valence-electron chi connectivity index (χ0n) is 13.2. The molecule has 0 aliphatic carbocycles. The number of allylic oxidation sites excluding steroid dienone is 1. The molecule has 3 aromatic rings. The lowest BCUT2D eigenvalue weighted by atomic mass is 10.1. The number of halogens is 1. The summed E-state index contributed by atoms with van der Waals surface area (Å²) in [5, 5.41) is 25.8. The molecule has 2 aromatic carbocycles. The first-order valence-electron chi connectivity index (χ1n) is 7.40. The van der Waals surface area contributed by atoms with Crippen LogP contribution < -0.4 is 5.32 Å². The minimum atomic E-state index is -0.442. The van der Waals surface area contributed by atoms with E-state index in [2.05, 4.69) is 39.0 Å². The lowest BCUT2D eigenvalue weighted by molar-refractivity contribution is -0.384. The summed E-state index contributed by atoms with van der Waals surface area (Å²) < 4.78 is 1.04. The number of anilines is 1. The second-order valence-corrected chi connectivity index (χ2v) is 7.16. The quantitative estimate of drug-likeness (QED) is 0.235. The lowest BCUT2D eigenvalue weighted by Crippen LogP contribution is -1.93. The number of rotatable bonds is 5. The van der Waals surface area contributed by atoms with Gasteiger partial charge in [-0.25, -0.2) is 4.98 Å². The Morgan fingerprint density at radius 3 is 2.85 bits per heavy atom. The van der Waals surface area contributed by atoms with Crippen molar-refractivity contribution >= 4 is 50.9 Å². The number of non-ortho nitro benzene ring substituents is 1. The van der Waals surface area contributed by atoms with Crippen molar-refractivity contribution in [1.82, 2.24) is 4.98 Å². The standard InChI is InChI=1S/C18H11IN4O2S/c19-15-6-1-2-7-16(15)21-10-13(9-20)18-22-17(11-26-18)12-4-3-5-14(8-12)23(24)25/h1-8,10-11,21H/b13-10+. The molecule has 0 bridgehead atoms. The Labute approximate surface area is 167 Å². The molecule has 0 fully saturated rings. The predicted octanol–water partition coefficient (Wildman–Crippen LogP) is 5.30. The number of nitro benzene ring substituents is 1. The summed E-state index contributed by atoms with van der Waals surface area (Å²) in [5.41, 5.74) is 2.55. The molecule has 1 aromatic heterocycles. The van der Waals surface area contributed by atoms with Crippen LogP contribution in [0.4, 0.5) is 11.4 Å². The second-order valence-electron chi connectivity index (χ2n) is 5.14. The van der Waals surface area contributed by atoms with Gasteiger partial charge in [0.1, 0.15) is 16.6 Å². The molecule has 0 spiro atoms. The van der Waals surface area contributed by atoms with Gasteiger partial charge in [-0.3, -0.25) is 10.1 Å². The lowest BCUT2D eigenvalue weighted by Gasteiger charge is -2.03. The number of nitrogens with zero attached hydrogens (tertiary/aromatic N) is 3. The van der Waals surface area contributed by atoms with Gasteiger partial charge in [-0.05, 0) is 34.7 Å². The van der Waals surface area contributed by atoms with E-state index < -0.39 is 4.92 Å². The fourth-order valence-electron chi connectivity index (χ4n) is 2.18. The van der Waals surface area contributed by atoms with Gasteiger partial charge in [0, 0.05) is 32.8 Å². The normalized spacial score (nSPS) is 11.0. The molecule has 26 heavy (non-hydrogen) atoms. The summed E-state index contributed by atoms with van der Waals surface area (Å²) in [4.78, 5) is 14.9. The van der Waals surface area contributed by atoms with Crippen LogP contribution in [0.25, 0.3) is 16.8 Å². The number of para-hydroxylation sites is 1. The first-order chi connectivity index (χ1) is 12.6. The summed E-state index contributed by atoms with van der Waals surface area (Å²) >= 11 is 3.53. The molecule has 0 saturated heterocycles.